The summed E-state index contributed by atoms with van der Waals surface area (Å²) in [6.07, 6.45) is 3.86. The summed E-state index contributed by atoms with van der Waals surface area (Å²) in [5, 5.41) is 10.3. The fourth-order valence-corrected chi connectivity index (χ4v) is 2.53. The molecule has 0 fully saturated rings. The van der Waals surface area contributed by atoms with Gasteiger partial charge in [0.05, 0.1) is 6.10 Å². The maximum atomic E-state index is 10.3. The Labute approximate surface area is 97.8 Å². The second kappa shape index (κ2) is 4.84. The largest absolute Gasteiger partial charge is 0.388 e. The maximum Gasteiger partial charge on any atom is 0.0824 e. The van der Waals surface area contributed by atoms with Crippen molar-refractivity contribution in [3.05, 3.63) is 47.5 Å². The van der Waals surface area contributed by atoms with Crippen molar-refractivity contribution in [2.75, 3.05) is 0 Å². The van der Waals surface area contributed by atoms with Gasteiger partial charge in [-0.05, 0) is 42.7 Å². The molecule has 0 amide bonds. The summed E-state index contributed by atoms with van der Waals surface area (Å²) >= 11 is 0. The van der Waals surface area contributed by atoms with E-state index in [-0.39, 0.29) is 6.10 Å². The molecule has 1 N–H and O–H groups in total. The standard InChI is InChI=1S/C15H20O/c1-3-11(2)10-13-9-8-12-6-4-5-7-14(12)15(13)16/h4-7,13,15-16H,2-3,8-10H2,1H3. The molecule has 0 saturated carbocycles. The van der Waals surface area contributed by atoms with Crippen molar-refractivity contribution in [1.29, 1.82) is 0 Å². The summed E-state index contributed by atoms with van der Waals surface area (Å²) in [6, 6.07) is 8.25. The Morgan fingerprint density at radius 2 is 2.19 bits per heavy atom. The molecule has 2 atom stereocenters. The maximum absolute atomic E-state index is 10.3. The normalized spacial score (nSPS) is 23.9. The zero-order valence-electron chi connectivity index (χ0n) is 9.95. The Kier molecular flexibility index (Phi) is 3.45. The molecular weight excluding hydrogens is 196 g/mol. The van der Waals surface area contributed by atoms with E-state index in [9.17, 15) is 5.11 Å². The van der Waals surface area contributed by atoms with Crippen molar-refractivity contribution in [2.24, 2.45) is 5.92 Å². The van der Waals surface area contributed by atoms with E-state index in [1.807, 2.05) is 6.07 Å². The van der Waals surface area contributed by atoms with Crippen LogP contribution in [-0.4, -0.2) is 5.11 Å². The van der Waals surface area contributed by atoms with Crippen LogP contribution < -0.4 is 0 Å². The molecule has 0 heterocycles. The Hall–Kier alpha value is -1.08. The minimum Gasteiger partial charge on any atom is -0.388 e. The first-order chi connectivity index (χ1) is 7.72. The van der Waals surface area contributed by atoms with Crippen LogP contribution in [-0.2, 0) is 6.42 Å². The third-order valence-corrected chi connectivity index (χ3v) is 3.66. The van der Waals surface area contributed by atoms with Gasteiger partial charge < -0.3 is 5.11 Å². The average molecular weight is 216 g/mol. The van der Waals surface area contributed by atoms with Gasteiger partial charge >= 0.3 is 0 Å². The predicted molar refractivity (Wildman–Crippen MR) is 67.3 cm³/mol. The van der Waals surface area contributed by atoms with Crippen LogP contribution in [0.4, 0.5) is 0 Å². The number of allylic oxidation sites excluding steroid dienone is 1. The lowest BCUT2D eigenvalue weighted by Gasteiger charge is -2.30. The lowest BCUT2D eigenvalue weighted by Crippen LogP contribution is -2.20. The van der Waals surface area contributed by atoms with Crippen molar-refractivity contribution in [1.82, 2.24) is 0 Å². The quantitative estimate of drug-likeness (QED) is 0.765. The molecule has 0 bridgehead atoms. The number of aryl methyl sites for hydroxylation is 1. The summed E-state index contributed by atoms with van der Waals surface area (Å²) in [5.41, 5.74) is 3.69. The molecule has 1 aliphatic carbocycles. The monoisotopic (exact) mass is 216 g/mol. The van der Waals surface area contributed by atoms with E-state index in [0.29, 0.717) is 5.92 Å². The fourth-order valence-electron chi connectivity index (χ4n) is 2.53. The number of aliphatic hydroxyl groups is 1. The SMILES string of the molecule is C=C(CC)CC1CCc2ccccc2C1O. The predicted octanol–water partition coefficient (Wildman–Crippen LogP) is 3.64. The number of hydrogen-bond acceptors (Lipinski definition) is 1. The van der Waals surface area contributed by atoms with Crippen molar-refractivity contribution < 1.29 is 5.11 Å². The molecule has 1 heteroatoms. The molecule has 2 unspecified atom stereocenters. The van der Waals surface area contributed by atoms with E-state index in [2.05, 4.69) is 31.7 Å². The van der Waals surface area contributed by atoms with Crippen LogP contribution in [0.25, 0.3) is 0 Å². The van der Waals surface area contributed by atoms with E-state index in [4.69, 9.17) is 0 Å². The number of fused-ring (bicyclic) bond motifs is 1. The molecule has 1 aromatic carbocycles. The first-order valence-electron chi connectivity index (χ1n) is 6.15. The second-order valence-electron chi connectivity index (χ2n) is 4.75. The lowest BCUT2D eigenvalue weighted by atomic mass is 9.78. The summed E-state index contributed by atoms with van der Waals surface area (Å²) in [7, 11) is 0. The third kappa shape index (κ3) is 2.19. The molecule has 0 aliphatic heterocycles. The average Bonchev–Trinajstić information content (AvgIpc) is 2.33. The van der Waals surface area contributed by atoms with Crippen LogP contribution >= 0.6 is 0 Å². The molecule has 0 spiro atoms. The lowest BCUT2D eigenvalue weighted by molar-refractivity contribution is 0.0933. The zero-order valence-corrected chi connectivity index (χ0v) is 9.95. The molecule has 16 heavy (non-hydrogen) atoms. The minimum atomic E-state index is -0.298. The molecular formula is C15H20O. The van der Waals surface area contributed by atoms with Crippen LogP contribution in [0.15, 0.2) is 36.4 Å². The van der Waals surface area contributed by atoms with Crippen molar-refractivity contribution in [2.45, 2.75) is 38.7 Å². The van der Waals surface area contributed by atoms with Crippen molar-refractivity contribution in [3.63, 3.8) is 0 Å². The van der Waals surface area contributed by atoms with Gasteiger partial charge in [-0.2, -0.15) is 0 Å². The molecule has 1 aromatic rings. The van der Waals surface area contributed by atoms with Gasteiger partial charge in [0.15, 0.2) is 0 Å². The smallest absolute Gasteiger partial charge is 0.0824 e. The molecule has 86 valence electrons. The van der Waals surface area contributed by atoms with Gasteiger partial charge in [-0.15, -0.1) is 0 Å². The van der Waals surface area contributed by atoms with Crippen molar-refractivity contribution >= 4 is 0 Å². The van der Waals surface area contributed by atoms with Gasteiger partial charge in [-0.3, -0.25) is 0 Å². The summed E-state index contributed by atoms with van der Waals surface area (Å²) in [5.74, 6) is 0.363. The van der Waals surface area contributed by atoms with Crippen LogP contribution in [0.1, 0.15) is 43.4 Å². The number of hydrogen-bond donors (Lipinski definition) is 1. The Bertz CT molecular complexity index is 381. The van der Waals surface area contributed by atoms with E-state index >= 15 is 0 Å². The van der Waals surface area contributed by atoms with Crippen LogP contribution in [0.3, 0.4) is 0 Å². The molecule has 0 radical (unpaired) electrons. The van der Waals surface area contributed by atoms with Gasteiger partial charge in [0.25, 0.3) is 0 Å². The second-order valence-corrected chi connectivity index (χ2v) is 4.75. The van der Waals surface area contributed by atoms with Gasteiger partial charge in [0.2, 0.25) is 0 Å². The summed E-state index contributed by atoms with van der Waals surface area (Å²) in [4.78, 5) is 0. The topological polar surface area (TPSA) is 20.2 Å². The van der Waals surface area contributed by atoms with Gasteiger partial charge in [0.1, 0.15) is 0 Å². The zero-order chi connectivity index (χ0) is 11.5. The number of benzene rings is 1. The molecule has 0 aromatic heterocycles. The summed E-state index contributed by atoms with van der Waals surface area (Å²) < 4.78 is 0. The highest BCUT2D eigenvalue weighted by atomic mass is 16.3. The van der Waals surface area contributed by atoms with E-state index in [1.165, 1.54) is 11.1 Å². The Morgan fingerprint density at radius 3 is 2.94 bits per heavy atom. The summed E-state index contributed by atoms with van der Waals surface area (Å²) in [6.45, 7) is 6.18. The highest BCUT2D eigenvalue weighted by Gasteiger charge is 2.27. The molecule has 1 nitrogen and oxygen atoms in total. The van der Waals surface area contributed by atoms with E-state index in [0.717, 1.165) is 31.2 Å². The van der Waals surface area contributed by atoms with Gasteiger partial charge in [0, 0.05) is 0 Å². The fraction of sp³-hybridized carbons (Fsp3) is 0.467. The first-order valence-corrected chi connectivity index (χ1v) is 6.15. The number of aliphatic hydroxyl groups excluding tert-OH is 1. The van der Waals surface area contributed by atoms with Gasteiger partial charge in [-0.1, -0.05) is 43.3 Å². The minimum absolute atomic E-state index is 0.298. The van der Waals surface area contributed by atoms with Crippen LogP contribution in [0.5, 0.6) is 0 Å². The molecule has 1 aliphatic rings. The van der Waals surface area contributed by atoms with Gasteiger partial charge in [-0.25, -0.2) is 0 Å². The molecule has 0 saturated heterocycles. The highest BCUT2D eigenvalue weighted by molar-refractivity contribution is 5.32. The first kappa shape index (κ1) is 11.4. The van der Waals surface area contributed by atoms with Crippen molar-refractivity contribution in [3.8, 4) is 0 Å². The highest BCUT2D eigenvalue weighted by Crippen LogP contribution is 2.37. The molecule has 2 rings (SSSR count). The van der Waals surface area contributed by atoms with Crippen LogP contribution in [0.2, 0.25) is 0 Å². The Morgan fingerprint density at radius 1 is 1.44 bits per heavy atom. The van der Waals surface area contributed by atoms with E-state index < -0.39 is 0 Å². The van der Waals surface area contributed by atoms with Crippen LogP contribution in [0, 0.1) is 5.92 Å². The number of rotatable bonds is 3. The third-order valence-electron chi connectivity index (χ3n) is 3.66. The van der Waals surface area contributed by atoms with E-state index in [1.54, 1.807) is 0 Å². The Balaban J connectivity index is 2.15.